The lowest BCUT2D eigenvalue weighted by molar-refractivity contribution is -0.125. The van der Waals surface area contributed by atoms with Crippen LogP contribution in [0.4, 0.5) is 15.4 Å². The van der Waals surface area contributed by atoms with E-state index in [9.17, 15) is 19.2 Å². The number of furan rings is 1. The van der Waals surface area contributed by atoms with E-state index in [1.807, 2.05) is 0 Å². The number of aromatic nitrogens is 1. The molecule has 3 aliphatic heterocycles. The number of rotatable bonds is 5. The molecular weight excluding hydrogens is 456 g/mol. The second-order valence-corrected chi connectivity index (χ2v) is 8.54. The number of methoxy groups -OCH3 is 1. The molecule has 0 saturated carbocycles. The summed E-state index contributed by atoms with van der Waals surface area (Å²) in [5, 5.41) is 8.16. The highest BCUT2D eigenvalue weighted by Crippen LogP contribution is 2.37. The van der Waals surface area contributed by atoms with Crippen molar-refractivity contribution in [1.82, 2.24) is 25.8 Å². The molecule has 3 aliphatic rings. The number of hydrogen-bond donors (Lipinski definition) is 3. The molecule has 1 atom stereocenters. The Labute approximate surface area is 198 Å². The minimum Gasteiger partial charge on any atom is -0.497 e. The number of anilines is 1. The Balaban J connectivity index is 1.41. The van der Waals surface area contributed by atoms with Crippen LogP contribution in [-0.2, 0) is 16.9 Å². The fourth-order valence-corrected chi connectivity index (χ4v) is 4.78. The molecule has 3 aromatic rings. The second-order valence-electron chi connectivity index (χ2n) is 8.54. The van der Waals surface area contributed by atoms with E-state index in [1.54, 1.807) is 30.3 Å². The van der Waals surface area contributed by atoms with Crippen LogP contribution in [0.2, 0.25) is 0 Å². The highest BCUT2D eigenvalue weighted by molar-refractivity contribution is 6.09. The highest BCUT2D eigenvalue weighted by atomic mass is 16.5. The zero-order valence-electron chi connectivity index (χ0n) is 18.6. The van der Waals surface area contributed by atoms with Gasteiger partial charge in [-0.3, -0.25) is 19.8 Å². The Kier molecular flexibility index (Phi) is 4.46. The van der Waals surface area contributed by atoms with Gasteiger partial charge in [0.1, 0.15) is 22.9 Å². The van der Waals surface area contributed by atoms with E-state index in [0.717, 1.165) is 5.56 Å². The molecule has 35 heavy (non-hydrogen) atoms. The van der Waals surface area contributed by atoms with Gasteiger partial charge in [-0.15, -0.1) is 0 Å². The first kappa shape index (κ1) is 21.0. The molecule has 6 amide bonds. The van der Waals surface area contributed by atoms with Crippen LogP contribution < -0.4 is 25.6 Å². The number of nitrogens with zero attached hydrogens (tertiary/aromatic N) is 3. The summed E-state index contributed by atoms with van der Waals surface area (Å²) in [5.74, 6) is 0.120. The van der Waals surface area contributed by atoms with E-state index in [1.165, 1.54) is 23.1 Å². The van der Waals surface area contributed by atoms with Gasteiger partial charge in [-0.05, 0) is 29.8 Å². The van der Waals surface area contributed by atoms with Gasteiger partial charge in [-0.2, -0.15) is 0 Å². The lowest BCUT2D eigenvalue weighted by atomic mass is 9.95. The van der Waals surface area contributed by atoms with Crippen LogP contribution in [0.25, 0.3) is 11.0 Å². The number of carbonyl (C=O) groups is 4. The van der Waals surface area contributed by atoms with Crippen molar-refractivity contribution in [2.24, 2.45) is 0 Å². The maximum absolute atomic E-state index is 13.2. The molecule has 178 valence electrons. The van der Waals surface area contributed by atoms with Crippen molar-refractivity contribution >= 4 is 40.7 Å². The van der Waals surface area contributed by atoms with Gasteiger partial charge in [-0.1, -0.05) is 6.07 Å². The molecule has 2 saturated heterocycles. The zero-order valence-corrected chi connectivity index (χ0v) is 18.6. The summed E-state index contributed by atoms with van der Waals surface area (Å²) in [6.07, 6.45) is 1.50. The van der Waals surface area contributed by atoms with Gasteiger partial charge in [-0.25, -0.2) is 14.6 Å². The molecule has 1 aromatic carbocycles. The Bertz CT molecular complexity index is 1430. The van der Waals surface area contributed by atoms with Crippen molar-refractivity contribution in [3.05, 3.63) is 53.4 Å². The Hall–Kier alpha value is -4.61. The van der Waals surface area contributed by atoms with Crippen LogP contribution >= 0.6 is 0 Å². The van der Waals surface area contributed by atoms with Crippen LogP contribution in [0.5, 0.6) is 5.75 Å². The average molecular weight is 476 g/mol. The predicted molar refractivity (Wildman–Crippen MR) is 121 cm³/mol. The van der Waals surface area contributed by atoms with Crippen molar-refractivity contribution in [3.8, 4) is 5.75 Å². The summed E-state index contributed by atoms with van der Waals surface area (Å²) in [5.41, 5.74) is -0.0198. The van der Waals surface area contributed by atoms with Crippen molar-refractivity contribution in [2.45, 2.75) is 12.1 Å². The molecule has 0 radical (unpaired) electrons. The van der Waals surface area contributed by atoms with E-state index in [2.05, 4.69) is 20.9 Å². The maximum atomic E-state index is 13.2. The van der Waals surface area contributed by atoms with Crippen molar-refractivity contribution in [3.63, 3.8) is 0 Å². The van der Waals surface area contributed by atoms with Gasteiger partial charge >= 0.3 is 12.1 Å². The third-order valence-electron chi connectivity index (χ3n) is 6.52. The molecule has 12 nitrogen and oxygen atoms in total. The number of ether oxygens (including phenoxy) is 1. The molecular formula is C23H20N6O6. The van der Waals surface area contributed by atoms with Gasteiger partial charge in [0.2, 0.25) is 0 Å². The summed E-state index contributed by atoms with van der Waals surface area (Å²) in [6.45, 7) is 1.00. The van der Waals surface area contributed by atoms with E-state index < -0.39 is 17.5 Å². The number of amides is 6. The number of hydrogen-bond acceptors (Lipinski definition) is 7. The largest absolute Gasteiger partial charge is 0.497 e. The van der Waals surface area contributed by atoms with Gasteiger partial charge in [0.25, 0.3) is 11.8 Å². The predicted octanol–water partition coefficient (Wildman–Crippen LogP) is 1.06. The molecule has 5 heterocycles. The summed E-state index contributed by atoms with van der Waals surface area (Å²) >= 11 is 0. The quantitative estimate of drug-likeness (QED) is 0.467. The summed E-state index contributed by atoms with van der Waals surface area (Å²) < 4.78 is 11.3. The lowest BCUT2D eigenvalue weighted by Gasteiger charge is -2.29. The fraction of sp³-hybridized carbons (Fsp3) is 0.261. The Morgan fingerprint density at radius 3 is 2.74 bits per heavy atom. The molecule has 1 unspecified atom stereocenters. The minimum atomic E-state index is -1.66. The smallest absolute Gasteiger partial charge is 0.323 e. The average Bonchev–Trinajstić information content (AvgIpc) is 3.60. The van der Waals surface area contributed by atoms with Gasteiger partial charge < -0.3 is 24.7 Å². The first-order valence-electron chi connectivity index (χ1n) is 10.9. The highest BCUT2D eigenvalue weighted by Gasteiger charge is 2.53. The first-order chi connectivity index (χ1) is 16.9. The monoisotopic (exact) mass is 476 g/mol. The van der Waals surface area contributed by atoms with Crippen LogP contribution in [-0.4, -0.2) is 60.5 Å². The number of carbonyl (C=O) groups excluding carboxylic acids is 4. The topological polar surface area (TPSA) is 146 Å². The molecule has 2 fully saturated rings. The van der Waals surface area contributed by atoms with E-state index >= 15 is 0 Å². The van der Waals surface area contributed by atoms with Crippen LogP contribution in [0, 0.1) is 0 Å². The second kappa shape index (κ2) is 7.45. The summed E-state index contributed by atoms with van der Waals surface area (Å²) in [7, 11) is 1.52. The van der Waals surface area contributed by atoms with E-state index in [-0.39, 0.29) is 30.8 Å². The minimum absolute atomic E-state index is 0.131. The van der Waals surface area contributed by atoms with Crippen LogP contribution in [0.1, 0.15) is 21.7 Å². The molecule has 2 aromatic heterocycles. The zero-order chi connectivity index (χ0) is 24.3. The van der Waals surface area contributed by atoms with Gasteiger partial charge in [0.15, 0.2) is 5.54 Å². The molecule has 12 heteroatoms. The van der Waals surface area contributed by atoms with Crippen LogP contribution in [0.3, 0.4) is 0 Å². The molecule has 0 spiro atoms. The maximum Gasteiger partial charge on any atom is 0.323 e. The fourth-order valence-electron chi connectivity index (χ4n) is 4.78. The van der Waals surface area contributed by atoms with E-state index in [4.69, 9.17) is 9.15 Å². The van der Waals surface area contributed by atoms with Gasteiger partial charge in [0.05, 0.1) is 19.0 Å². The molecule has 0 aliphatic carbocycles. The third kappa shape index (κ3) is 3.10. The van der Waals surface area contributed by atoms with Crippen molar-refractivity contribution in [2.75, 3.05) is 31.6 Å². The number of imide groups is 1. The number of benzene rings is 1. The normalized spacial score (nSPS) is 21.4. The Morgan fingerprint density at radius 1 is 1.17 bits per heavy atom. The lowest BCUT2D eigenvalue weighted by Crippen LogP contribution is -2.52. The van der Waals surface area contributed by atoms with Crippen molar-refractivity contribution in [1.29, 1.82) is 0 Å². The number of urea groups is 2. The van der Waals surface area contributed by atoms with Gasteiger partial charge in [0, 0.05) is 31.4 Å². The number of nitrogens with one attached hydrogen (secondary N) is 3. The third-order valence-corrected chi connectivity index (χ3v) is 6.52. The molecule has 0 bridgehead atoms. The summed E-state index contributed by atoms with van der Waals surface area (Å²) in [4.78, 5) is 58.1. The Morgan fingerprint density at radius 2 is 2.03 bits per heavy atom. The molecule has 6 rings (SSSR count). The summed E-state index contributed by atoms with van der Waals surface area (Å²) in [6, 6.07) is 7.43. The molecule has 3 N–H and O–H groups in total. The van der Waals surface area contributed by atoms with E-state index in [0.29, 0.717) is 41.2 Å². The van der Waals surface area contributed by atoms with Crippen molar-refractivity contribution < 1.29 is 28.3 Å². The standard InChI is InChI=1S/C23H20N6O6/c1-34-13-3-2-12-10-28(19(30)14(12)8-13)11-23(20(31)26-21(32)27-23)17-9-15-16(35-17)4-5-24-18(15)29-7-6-25-22(29)33/h2-5,8-9H,6-7,10-11H2,1H3,(H,25,33)(H2,26,27,31,32). The first-order valence-corrected chi connectivity index (χ1v) is 10.9. The number of pyridine rings is 1. The van der Waals surface area contributed by atoms with Crippen LogP contribution in [0.15, 0.2) is 40.9 Å². The SMILES string of the molecule is COc1ccc2c(c1)C(=O)N(CC1(c3cc4c(N5CCNC5=O)nccc4o3)NC(=O)NC1=O)C2. The number of fused-ring (bicyclic) bond motifs is 2.